The molecule has 0 radical (unpaired) electrons. The lowest BCUT2D eigenvalue weighted by molar-refractivity contribution is -0.193. The highest BCUT2D eigenvalue weighted by Gasteiger charge is 2.39. The quantitative estimate of drug-likeness (QED) is 0.483. The molecule has 3 fully saturated rings. The standard InChI is InChI=1S/C17H26N4O2.2C2HF3O2/c1-2-14(3-1)21-8-11-23-12-15(21)17-18-7-4-16(20-17)19-13-5-9-22-10-6-13;2*3-2(4,5)1(6)7/h4,7,13-15H,1-3,5-6,8-12H2,(H,18,19,20);2*(H,6,7). The van der Waals surface area contributed by atoms with Crippen molar-refractivity contribution in [1.82, 2.24) is 14.9 Å². The van der Waals surface area contributed by atoms with Crippen LogP contribution in [0.25, 0.3) is 0 Å². The number of hydrogen-bond acceptors (Lipinski definition) is 8. The van der Waals surface area contributed by atoms with E-state index in [4.69, 9.17) is 34.3 Å². The van der Waals surface area contributed by atoms with Gasteiger partial charge in [-0.3, -0.25) is 4.90 Å². The molecule has 3 aliphatic rings. The monoisotopic (exact) mass is 546 g/mol. The van der Waals surface area contributed by atoms with Gasteiger partial charge in [0, 0.05) is 38.0 Å². The van der Waals surface area contributed by atoms with E-state index in [0.717, 1.165) is 50.8 Å². The Balaban J connectivity index is 0.000000286. The van der Waals surface area contributed by atoms with Crippen LogP contribution in [-0.4, -0.2) is 94.4 Å². The second kappa shape index (κ2) is 13.7. The smallest absolute Gasteiger partial charge is 0.475 e. The van der Waals surface area contributed by atoms with Crippen molar-refractivity contribution in [3.8, 4) is 0 Å². The molecule has 1 aliphatic carbocycles. The number of carbonyl (C=O) groups is 2. The third-order valence-corrected chi connectivity index (χ3v) is 5.74. The number of nitrogens with zero attached hydrogens (tertiary/aromatic N) is 3. The molecular formula is C21H28F6N4O6. The first-order valence-electron chi connectivity index (χ1n) is 11.4. The summed E-state index contributed by atoms with van der Waals surface area (Å²) in [5, 5.41) is 17.8. The summed E-state index contributed by atoms with van der Waals surface area (Å²) in [7, 11) is 0. The van der Waals surface area contributed by atoms with E-state index in [9.17, 15) is 26.3 Å². The summed E-state index contributed by atoms with van der Waals surface area (Å²) < 4.78 is 74.6. The average molecular weight is 546 g/mol. The van der Waals surface area contributed by atoms with Crippen LogP contribution < -0.4 is 5.32 Å². The molecular weight excluding hydrogens is 518 g/mol. The second-order valence-electron chi connectivity index (χ2n) is 8.35. The highest BCUT2D eigenvalue weighted by Crippen LogP contribution is 2.33. The van der Waals surface area contributed by atoms with Crippen molar-refractivity contribution < 1.29 is 55.6 Å². The molecule has 1 saturated carbocycles. The Kier molecular flexibility index (Phi) is 11.3. The van der Waals surface area contributed by atoms with Gasteiger partial charge in [0.15, 0.2) is 0 Å². The van der Waals surface area contributed by atoms with E-state index in [1.807, 2.05) is 12.3 Å². The Morgan fingerprint density at radius 1 is 0.946 bits per heavy atom. The zero-order valence-corrected chi connectivity index (χ0v) is 19.6. The maximum atomic E-state index is 10.6. The van der Waals surface area contributed by atoms with E-state index >= 15 is 0 Å². The molecule has 1 atom stereocenters. The lowest BCUT2D eigenvalue weighted by Crippen LogP contribution is -2.49. The number of halogens is 6. The zero-order valence-electron chi connectivity index (χ0n) is 19.6. The molecule has 0 amide bonds. The Bertz CT molecular complexity index is 854. The van der Waals surface area contributed by atoms with Crippen LogP contribution in [0.4, 0.5) is 32.2 Å². The number of alkyl halides is 6. The Morgan fingerprint density at radius 2 is 1.51 bits per heavy atom. The predicted octanol–water partition coefficient (Wildman–Crippen LogP) is 3.26. The Morgan fingerprint density at radius 3 is 2.00 bits per heavy atom. The van der Waals surface area contributed by atoms with Crippen LogP contribution in [-0.2, 0) is 19.1 Å². The number of morpholine rings is 1. The average Bonchev–Trinajstić information content (AvgIpc) is 2.79. The van der Waals surface area contributed by atoms with Gasteiger partial charge in [0.25, 0.3) is 0 Å². The molecule has 37 heavy (non-hydrogen) atoms. The number of carboxylic acid groups (broad SMARTS) is 2. The highest BCUT2D eigenvalue weighted by atomic mass is 19.4. The molecule has 2 saturated heterocycles. The van der Waals surface area contributed by atoms with Gasteiger partial charge in [0.05, 0.1) is 19.3 Å². The van der Waals surface area contributed by atoms with Gasteiger partial charge in [0.2, 0.25) is 0 Å². The third-order valence-electron chi connectivity index (χ3n) is 5.74. The summed E-state index contributed by atoms with van der Waals surface area (Å²) in [6, 6.07) is 3.32. The number of aromatic nitrogens is 2. The van der Waals surface area contributed by atoms with Gasteiger partial charge < -0.3 is 25.0 Å². The van der Waals surface area contributed by atoms with Crippen molar-refractivity contribution in [1.29, 1.82) is 0 Å². The molecule has 210 valence electrons. The fraction of sp³-hybridized carbons (Fsp3) is 0.714. The minimum Gasteiger partial charge on any atom is -0.475 e. The molecule has 3 heterocycles. The number of anilines is 1. The van der Waals surface area contributed by atoms with Crippen LogP contribution in [0.15, 0.2) is 12.3 Å². The highest BCUT2D eigenvalue weighted by molar-refractivity contribution is 5.73. The maximum Gasteiger partial charge on any atom is 0.490 e. The number of rotatable bonds is 4. The number of nitrogens with one attached hydrogen (secondary N) is 1. The van der Waals surface area contributed by atoms with E-state index in [-0.39, 0.29) is 6.04 Å². The first-order valence-corrected chi connectivity index (χ1v) is 11.4. The summed E-state index contributed by atoms with van der Waals surface area (Å²) in [5.41, 5.74) is 0. The second-order valence-corrected chi connectivity index (χ2v) is 8.35. The molecule has 0 bridgehead atoms. The van der Waals surface area contributed by atoms with Crippen LogP contribution in [0.5, 0.6) is 0 Å². The minimum atomic E-state index is -5.08. The molecule has 0 aromatic carbocycles. The van der Waals surface area contributed by atoms with E-state index < -0.39 is 24.3 Å². The molecule has 1 aromatic heterocycles. The predicted molar refractivity (Wildman–Crippen MR) is 115 cm³/mol. The summed E-state index contributed by atoms with van der Waals surface area (Å²) in [6.07, 6.45) is -2.26. The Hall–Kier alpha value is -2.72. The maximum absolute atomic E-state index is 10.6. The van der Waals surface area contributed by atoms with Crippen molar-refractivity contribution in [3.63, 3.8) is 0 Å². The summed E-state index contributed by atoms with van der Waals surface area (Å²) in [6.45, 7) is 4.20. The number of carboxylic acids is 2. The third kappa shape index (κ3) is 10.3. The van der Waals surface area contributed by atoms with Gasteiger partial charge in [0.1, 0.15) is 11.6 Å². The molecule has 10 nitrogen and oxygen atoms in total. The van der Waals surface area contributed by atoms with Gasteiger partial charge in [-0.15, -0.1) is 0 Å². The van der Waals surface area contributed by atoms with Crippen LogP contribution in [0.1, 0.15) is 44.0 Å². The molecule has 1 unspecified atom stereocenters. The molecule has 4 rings (SSSR count). The van der Waals surface area contributed by atoms with E-state index in [1.54, 1.807) is 0 Å². The molecule has 1 aromatic rings. The van der Waals surface area contributed by atoms with Gasteiger partial charge in [-0.05, 0) is 31.7 Å². The fourth-order valence-corrected chi connectivity index (χ4v) is 3.66. The molecule has 2 aliphatic heterocycles. The fourth-order valence-electron chi connectivity index (χ4n) is 3.66. The number of hydrogen-bond donors (Lipinski definition) is 3. The van der Waals surface area contributed by atoms with E-state index in [0.29, 0.717) is 18.7 Å². The summed E-state index contributed by atoms with van der Waals surface area (Å²) in [5.74, 6) is -3.69. The molecule has 16 heteroatoms. The minimum absolute atomic E-state index is 0.200. The SMILES string of the molecule is O=C(O)C(F)(F)F.O=C(O)C(F)(F)F.c1cc(NC2CCOCC2)nc(C2COCCN2C2CCC2)n1. The topological polar surface area (TPSA) is 134 Å². The van der Waals surface area contributed by atoms with Crippen LogP contribution >= 0.6 is 0 Å². The van der Waals surface area contributed by atoms with Crippen LogP contribution in [0.2, 0.25) is 0 Å². The van der Waals surface area contributed by atoms with Crippen molar-refractivity contribution in [2.24, 2.45) is 0 Å². The number of ether oxygens (including phenoxy) is 2. The lowest BCUT2D eigenvalue weighted by Gasteiger charge is -2.44. The first-order chi connectivity index (χ1) is 17.3. The van der Waals surface area contributed by atoms with E-state index in [1.165, 1.54) is 19.3 Å². The normalized spacial score (nSPS) is 21.4. The van der Waals surface area contributed by atoms with Crippen molar-refractivity contribution in [2.75, 3.05) is 38.3 Å². The summed E-state index contributed by atoms with van der Waals surface area (Å²) >= 11 is 0. The van der Waals surface area contributed by atoms with Gasteiger partial charge >= 0.3 is 24.3 Å². The largest absolute Gasteiger partial charge is 0.490 e. The van der Waals surface area contributed by atoms with Crippen molar-refractivity contribution in [2.45, 2.75) is 62.6 Å². The first kappa shape index (κ1) is 30.5. The van der Waals surface area contributed by atoms with Gasteiger partial charge in [-0.1, -0.05) is 6.42 Å². The Labute approximate surface area is 208 Å². The van der Waals surface area contributed by atoms with Crippen molar-refractivity contribution in [3.05, 3.63) is 18.1 Å². The van der Waals surface area contributed by atoms with Gasteiger partial charge in [-0.2, -0.15) is 26.3 Å². The lowest BCUT2D eigenvalue weighted by atomic mass is 9.90. The van der Waals surface area contributed by atoms with Gasteiger partial charge in [-0.25, -0.2) is 19.6 Å². The van der Waals surface area contributed by atoms with Crippen LogP contribution in [0.3, 0.4) is 0 Å². The molecule has 0 spiro atoms. The zero-order chi connectivity index (χ0) is 27.6. The van der Waals surface area contributed by atoms with Crippen molar-refractivity contribution >= 4 is 17.8 Å². The number of aliphatic carboxylic acids is 2. The summed E-state index contributed by atoms with van der Waals surface area (Å²) in [4.78, 5) is 29.7. The van der Waals surface area contributed by atoms with Crippen LogP contribution in [0, 0.1) is 0 Å². The van der Waals surface area contributed by atoms with E-state index in [2.05, 4.69) is 15.2 Å². The molecule has 3 N–H and O–H groups in total.